The first-order valence-electron chi connectivity index (χ1n) is 8.27. The SMILES string of the molecule is Cc1onc(-c2ccc(F)cc2)c1-c1cn(-c2cccc(C(F)(F)F)c2)cn1. The molecule has 28 heavy (non-hydrogen) atoms. The lowest BCUT2D eigenvalue weighted by Crippen LogP contribution is -2.05. The minimum absolute atomic E-state index is 0.325. The lowest BCUT2D eigenvalue weighted by molar-refractivity contribution is -0.137. The van der Waals surface area contributed by atoms with Crippen LogP contribution < -0.4 is 0 Å². The number of rotatable bonds is 3. The number of alkyl halides is 3. The molecule has 142 valence electrons. The summed E-state index contributed by atoms with van der Waals surface area (Å²) in [6.45, 7) is 1.71. The summed E-state index contributed by atoms with van der Waals surface area (Å²) in [5, 5.41) is 4.02. The highest BCUT2D eigenvalue weighted by atomic mass is 19.4. The highest BCUT2D eigenvalue weighted by molar-refractivity contribution is 5.80. The minimum atomic E-state index is -4.43. The summed E-state index contributed by atoms with van der Waals surface area (Å²) in [5.74, 6) is 0.118. The van der Waals surface area contributed by atoms with Gasteiger partial charge in [-0.2, -0.15) is 13.2 Å². The van der Waals surface area contributed by atoms with E-state index in [4.69, 9.17) is 4.52 Å². The summed E-state index contributed by atoms with van der Waals surface area (Å²) in [6, 6.07) is 10.7. The van der Waals surface area contributed by atoms with E-state index in [0.29, 0.717) is 34.0 Å². The van der Waals surface area contributed by atoms with Crippen LogP contribution in [0.5, 0.6) is 0 Å². The molecule has 4 rings (SSSR count). The van der Waals surface area contributed by atoms with Crippen LogP contribution in [0.2, 0.25) is 0 Å². The van der Waals surface area contributed by atoms with Gasteiger partial charge in [-0.15, -0.1) is 0 Å². The van der Waals surface area contributed by atoms with Gasteiger partial charge in [0, 0.05) is 17.4 Å². The maximum Gasteiger partial charge on any atom is 0.416 e. The molecule has 2 aromatic heterocycles. The van der Waals surface area contributed by atoms with Crippen LogP contribution in [0.15, 0.2) is 65.6 Å². The van der Waals surface area contributed by atoms with E-state index < -0.39 is 11.7 Å². The van der Waals surface area contributed by atoms with Crippen molar-refractivity contribution in [3.8, 4) is 28.2 Å². The molecule has 0 radical (unpaired) electrons. The summed E-state index contributed by atoms with van der Waals surface area (Å²) in [4.78, 5) is 4.30. The van der Waals surface area contributed by atoms with E-state index in [1.807, 2.05) is 0 Å². The zero-order chi connectivity index (χ0) is 19.9. The van der Waals surface area contributed by atoms with Crippen LogP contribution >= 0.6 is 0 Å². The number of nitrogens with zero attached hydrogens (tertiary/aromatic N) is 3. The van der Waals surface area contributed by atoms with Crippen molar-refractivity contribution in [2.45, 2.75) is 13.1 Å². The Morgan fingerprint density at radius 3 is 2.50 bits per heavy atom. The fourth-order valence-corrected chi connectivity index (χ4v) is 2.91. The van der Waals surface area contributed by atoms with Crippen LogP contribution in [0.3, 0.4) is 0 Å². The largest absolute Gasteiger partial charge is 0.416 e. The molecule has 0 amide bonds. The topological polar surface area (TPSA) is 43.9 Å². The van der Waals surface area contributed by atoms with Crippen molar-refractivity contribution < 1.29 is 22.1 Å². The summed E-state index contributed by atoms with van der Waals surface area (Å²) < 4.78 is 58.8. The second kappa shape index (κ2) is 6.63. The molecule has 0 aliphatic rings. The van der Waals surface area contributed by atoms with E-state index in [1.165, 1.54) is 29.1 Å². The molecule has 0 unspecified atom stereocenters. The van der Waals surface area contributed by atoms with Crippen LogP contribution in [-0.2, 0) is 6.18 Å². The normalized spacial score (nSPS) is 11.8. The summed E-state index contributed by atoms with van der Waals surface area (Å²) in [5.41, 5.74) is 1.78. The van der Waals surface area contributed by atoms with Crippen molar-refractivity contribution in [2.24, 2.45) is 0 Å². The van der Waals surface area contributed by atoms with Gasteiger partial charge in [-0.25, -0.2) is 9.37 Å². The predicted octanol–water partition coefficient (Wildman–Crippen LogP) is 5.66. The van der Waals surface area contributed by atoms with E-state index in [9.17, 15) is 17.6 Å². The molecular formula is C20H13F4N3O. The molecule has 0 spiro atoms. The molecule has 4 aromatic rings. The van der Waals surface area contributed by atoms with Crippen molar-refractivity contribution >= 4 is 0 Å². The molecule has 0 atom stereocenters. The Kier molecular flexibility index (Phi) is 4.26. The van der Waals surface area contributed by atoms with Gasteiger partial charge in [0.25, 0.3) is 0 Å². The first-order chi connectivity index (χ1) is 13.3. The van der Waals surface area contributed by atoms with Gasteiger partial charge in [-0.05, 0) is 49.4 Å². The Hall–Kier alpha value is -3.42. The number of benzene rings is 2. The van der Waals surface area contributed by atoms with Crippen LogP contribution in [0.1, 0.15) is 11.3 Å². The number of aromatic nitrogens is 3. The monoisotopic (exact) mass is 387 g/mol. The van der Waals surface area contributed by atoms with E-state index in [1.54, 1.807) is 31.3 Å². The van der Waals surface area contributed by atoms with Crippen LogP contribution in [0.4, 0.5) is 17.6 Å². The Bertz CT molecular complexity index is 1130. The van der Waals surface area contributed by atoms with Gasteiger partial charge in [0.1, 0.15) is 17.3 Å². The Labute approximate surface area is 157 Å². The first-order valence-corrected chi connectivity index (χ1v) is 8.27. The molecule has 0 bridgehead atoms. The van der Waals surface area contributed by atoms with Crippen molar-refractivity contribution in [1.29, 1.82) is 0 Å². The Balaban J connectivity index is 1.75. The van der Waals surface area contributed by atoms with E-state index in [2.05, 4.69) is 10.1 Å². The highest BCUT2D eigenvalue weighted by Gasteiger charge is 2.30. The van der Waals surface area contributed by atoms with Gasteiger partial charge >= 0.3 is 6.18 Å². The van der Waals surface area contributed by atoms with Gasteiger partial charge < -0.3 is 9.09 Å². The van der Waals surface area contributed by atoms with Gasteiger partial charge in [0.15, 0.2) is 0 Å². The van der Waals surface area contributed by atoms with Crippen molar-refractivity contribution in [3.05, 3.63) is 78.2 Å². The average Bonchev–Trinajstić information content (AvgIpc) is 3.28. The molecule has 4 nitrogen and oxygen atoms in total. The Morgan fingerprint density at radius 2 is 1.79 bits per heavy atom. The average molecular weight is 387 g/mol. The minimum Gasteiger partial charge on any atom is -0.360 e. The maximum atomic E-state index is 13.2. The number of imidazole rings is 1. The van der Waals surface area contributed by atoms with Crippen molar-refractivity contribution in [3.63, 3.8) is 0 Å². The maximum absolute atomic E-state index is 13.2. The third kappa shape index (κ3) is 3.28. The zero-order valence-corrected chi connectivity index (χ0v) is 14.5. The first kappa shape index (κ1) is 18.0. The Morgan fingerprint density at radius 1 is 1.04 bits per heavy atom. The van der Waals surface area contributed by atoms with Crippen LogP contribution in [-0.4, -0.2) is 14.7 Å². The number of halogens is 4. The molecule has 0 fully saturated rings. The van der Waals surface area contributed by atoms with Gasteiger partial charge in [-0.3, -0.25) is 0 Å². The smallest absolute Gasteiger partial charge is 0.360 e. The van der Waals surface area contributed by atoms with Crippen LogP contribution in [0.25, 0.3) is 28.2 Å². The molecule has 0 saturated heterocycles. The third-order valence-corrected chi connectivity index (χ3v) is 4.29. The summed E-state index contributed by atoms with van der Waals surface area (Å²) in [6.07, 6.45) is -1.41. The molecule has 2 heterocycles. The molecule has 0 aliphatic heterocycles. The predicted molar refractivity (Wildman–Crippen MR) is 94.2 cm³/mol. The molecular weight excluding hydrogens is 374 g/mol. The quantitative estimate of drug-likeness (QED) is 0.426. The molecule has 8 heteroatoms. The van der Waals surface area contributed by atoms with Gasteiger partial charge in [0.2, 0.25) is 0 Å². The molecule has 0 N–H and O–H groups in total. The van der Waals surface area contributed by atoms with Crippen LogP contribution in [0, 0.1) is 12.7 Å². The molecule has 2 aromatic carbocycles. The second-order valence-electron chi connectivity index (χ2n) is 6.18. The number of hydrogen-bond donors (Lipinski definition) is 0. The number of hydrogen-bond acceptors (Lipinski definition) is 3. The fourth-order valence-electron chi connectivity index (χ4n) is 2.91. The van der Waals surface area contributed by atoms with Crippen molar-refractivity contribution in [1.82, 2.24) is 14.7 Å². The number of aryl methyl sites for hydroxylation is 1. The lowest BCUT2D eigenvalue weighted by Gasteiger charge is -2.08. The van der Waals surface area contributed by atoms with Crippen molar-refractivity contribution in [2.75, 3.05) is 0 Å². The standard InChI is InChI=1S/C20H13F4N3O/c1-12-18(19(26-28-12)13-5-7-15(21)8-6-13)17-10-27(11-25-17)16-4-2-3-14(9-16)20(22,23)24/h2-11H,1H3. The second-order valence-corrected chi connectivity index (χ2v) is 6.18. The molecule has 0 aliphatic carbocycles. The third-order valence-electron chi connectivity index (χ3n) is 4.29. The zero-order valence-electron chi connectivity index (χ0n) is 14.5. The van der Waals surface area contributed by atoms with E-state index in [-0.39, 0.29) is 5.82 Å². The lowest BCUT2D eigenvalue weighted by atomic mass is 10.0. The van der Waals surface area contributed by atoms with Gasteiger partial charge in [0.05, 0.1) is 23.1 Å². The summed E-state index contributed by atoms with van der Waals surface area (Å²) in [7, 11) is 0. The summed E-state index contributed by atoms with van der Waals surface area (Å²) >= 11 is 0. The van der Waals surface area contributed by atoms with E-state index in [0.717, 1.165) is 12.1 Å². The fraction of sp³-hybridized carbons (Fsp3) is 0.100. The highest BCUT2D eigenvalue weighted by Crippen LogP contribution is 2.34. The molecule has 0 saturated carbocycles. The van der Waals surface area contributed by atoms with Gasteiger partial charge in [-0.1, -0.05) is 11.2 Å². The van der Waals surface area contributed by atoms with E-state index >= 15 is 0 Å².